The molecule has 0 saturated heterocycles. The van der Waals surface area contributed by atoms with Gasteiger partial charge in [0.25, 0.3) is 0 Å². The van der Waals surface area contributed by atoms with Crippen LogP contribution in [0, 0.1) is 0 Å². The van der Waals surface area contributed by atoms with Gasteiger partial charge in [0, 0.05) is 5.41 Å². The Balaban J connectivity index is 2.37. The van der Waals surface area contributed by atoms with Gasteiger partial charge in [-0.15, -0.1) is 0 Å². The molecule has 0 fully saturated rings. The van der Waals surface area contributed by atoms with Crippen LogP contribution in [0.1, 0.15) is 19.4 Å². The fourth-order valence-electron chi connectivity index (χ4n) is 2.04. The highest BCUT2D eigenvalue weighted by molar-refractivity contribution is 5.99. The summed E-state index contributed by atoms with van der Waals surface area (Å²) in [4.78, 5) is 10.9. The van der Waals surface area contributed by atoms with Crippen LogP contribution in [-0.2, 0) is 10.2 Å². The molecule has 1 aliphatic rings. The third-order valence-corrected chi connectivity index (χ3v) is 3.13. The summed E-state index contributed by atoms with van der Waals surface area (Å²) >= 11 is 0. The zero-order valence-electron chi connectivity index (χ0n) is 8.24. The van der Waals surface area contributed by atoms with E-state index >= 15 is 0 Å². The molecule has 1 aromatic rings. The van der Waals surface area contributed by atoms with Crippen molar-refractivity contribution in [2.75, 3.05) is 0 Å². The molecule has 0 bridgehead atoms. The van der Waals surface area contributed by atoms with Gasteiger partial charge in [0.2, 0.25) is 0 Å². The second-order valence-corrected chi connectivity index (χ2v) is 3.80. The fraction of sp³-hybridized carbons (Fsp3) is 0.250. The van der Waals surface area contributed by atoms with E-state index < -0.39 is 5.97 Å². The Morgan fingerprint density at radius 2 is 1.86 bits per heavy atom. The van der Waals surface area contributed by atoms with Gasteiger partial charge in [-0.2, -0.15) is 0 Å². The summed E-state index contributed by atoms with van der Waals surface area (Å²) in [6.07, 6.45) is 0. The van der Waals surface area contributed by atoms with Crippen LogP contribution >= 0.6 is 0 Å². The van der Waals surface area contributed by atoms with Crippen LogP contribution in [0.3, 0.4) is 0 Å². The topological polar surface area (TPSA) is 37.3 Å². The van der Waals surface area contributed by atoms with E-state index in [1.807, 2.05) is 44.2 Å². The molecule has 2 rings (SSSR count). The molecular formula is C12H12O2. The summed E-state index contributed by atoms with van der Waals surface area (Å²) in [6.45, 7) is 3.84. The van der Waals surface area contributed by atoms with Crippen LogP contribution in [0.2, 0.25) is 0 Å². The van der Waals surface area contributed by atoms with Gasteiger partial charge in [-0.05, 0) is 25.0 Å². The Kier molecular flexibility index (Phi) is 1.74. The van der Waals surface area contributed by atoms with E-state index in [1.165, 1.54) is 0 Å². The molecule has 0 saturated carbocycles. The quantitative estimate of drug-likeness (QED) is 0.773. The van der Waals surface area contributed by atoms with Crippen molar-refractivity contribution in [1.29, 1.82) is 0 Å². The lowest BCUT2D eigenvalue weighted by Gasteiger charge is -2.12. The molecule has 1 aliphatic carbocycles. The van der Waals surface area contributed by atoms with Crippen molar-refractivity contribution in [2.45, 2.75) is 19.3 Å². The van der Waals surface area contributed by atoms with E-state index in [0.717, 1.165) is 11.1 Å². The lowest BCUT2D eigenvalue weighted by atomic mass is 9.90. The Bertz CT molecular complexity index is 417. The van der Waals surface area contributed by atoms with E-state index in [1.54, 1.807) is 0 Å². The highest BCUT2D eigenvalue weighted by Gasteiger charge is 2.51. The number of carboxylic acid groups (broad SMARTS) is 1. The largest absolute Gasteiger partial charge is 0.478 e. The van der Waals surface area contributed by atoms with Crippen molar-refractivity contribution in [3.8, 4) is 0 Å². The van der Waals surface area contributed by atoms with E-state index in [9.17, 15) is 4.79 Å². The summed E-state index contributed by atoms with van der Waals surface area (Å²) in [7, 11) is 0. The minimum absolute atomic E-state index is 0.326. The molecule has 0 radical (unpaired) electrons. The highest BCUT2D eigenvalue weighted by atomic mass is 16.4. The van der Waals surface area contributed by atoms with Gasteiger partial charge < -0.3 is 5.11 Å². The lowest BCUT2D eigenvalue weighted by molar-refractivity contribution is -0.132. The molecule has 14 heavy (non-hydrogen) atoms. The summed E-state index contributed by atoms with van der Waals surface area (Å²) < 4.78 is 0. The van der Waals surface area contributed by atoms with Gasteiger partial charge in [-0.25, -0.2) is 4.79 Å². The second kappa shape index (κ2) is 2.71. The first-order valence-electron chi connectivity index (χ1n) is 4.59. The number of hydrogen-bond acceptors (Lipinski definition) is 1. The molecule has 1 aromatic carbocycles. The Hall–Kier alpha value is -1.57. The first-order chi connectivity index (χ1) is 6.58. The molecule has 1 N–H and O–H groups in total. The van der Waals surface area contributed by atoms with Gasteiger partial charge in [0.05, 0.1) is 5.57 Å². The lowest BCUT2D eigenvalue weighted by Crippen LogP contribution is -2.11. The molecule has 1 atom stereocenters. The third kappa shape index (κ3) is 1.00. The number of benzene rings is 1. The average molecular weight is 188 g/mol. The Labute approximate surface area is 82.9 Å². The number of hydrogen-bond donors (Lipinski definition) is 1. The molecule has 0 heterocycles. The van der Waals surface area contributed by atoms with Gasteiger partial charge >= 0.3 is 5.97 Å². The molecule has 1 unspecified atom stereocenters. The number of aliphatic carboxylic acids is 1. The molecule has 0 aromatic heterocycles. The zero-order chi connectivity index (χ0) is 10.3. The van der Waals surface area contributed by atoms with Crippen molar-refractivity contribution in [2.24, 2.45) is 0 Å². The van der Waals surface area contributed by atoms with Crippen LogP contribution in [0.25, 0.3) is 0 Å². The molecule has 0 spiro atoms. The minimum atomic E-state index is -0.797. The van der Waals surface area contributed by atoms with Crippen molar-refractivity contribution in [1.82, 2.24) is 0 Å². The molecule has 72 valence electrons. The summed E-state index contributed by atoms with van der Waals surface area (Å²) in [5, 5.41) is 8.96. The number of carbonyl (C=O) groups is 1. The third-order valence-electron chi connectivity index (χ3n) is 3.13. The average Bonchev–Trinajstić information content (AvgIpc) is 2.72. The maximum atomic E-state index is 10.9. The first-order valence-corrected chi connectivity index (χ1v) is 4.59. The first kappa shape index (κ1) is 9.00. The SMILES string of the molecule is CC1=C(C(=O)O)C1(C)c1ccccc1. The van der Waals surface area contributed by atoms with Crippen LogP contribution in [0.15, 0.2) is 41.5 Å². The standard InChI is InChI=1S/C12H12O2/c1-8-10(11(13)14)12(8,2)9-6-4-3-5-7-9/h3-7H,1-2H3,(H,13,14). The maximum absolute atomic E-state index is 10.9. The van der Waals surface area contributed by atoms with E-state index in [4.69, 9.17) is 5.11 Å². The number of allylic oxidation sites excluding steroid dienone is 1. The molecular weight excluding hydrogens is 176 g/mol. The fourth-order valence-corrected chi connectivity index (χ4v) is 2.04. The molecule has 2 nitrogen and oxygen atoms in total. The summed E-state index contributed by atoms with van der Waals surface area (Å²) in [6, 6.07) is 9.75. The van der Waals surface area contributed by atoms with Crippen molar-refractivity contribution < 1.29 is 9.90 Å². The van der Waals surface area contributed by atoms with Gasteiger partial charge in [-0.1, -0.05) is 30.3 Å². The van der Waals surface area contributed by atoms with Crippen molar-refractivity contribution in [3.05, 3.63) is 47.0 Å². The van der Waals surface area contributed by atoms with Crippen LogP contribution < -0.4 is 0 Å². The molecule has 0 aliphatic heterocycles. The van der Waals surface area contributed by atoms with Crippen LogP contribution in [-0.4, -0.2) is 11.1 Å². The number of rotatable bonds is 2. The molecule has 0 amide bonds. The Morgan fingerprint density at radius 1 is 1.29 bits per heavy atom. The van der Waals surface area contributed by atoms with Crippen LogP contribution in [0.5, 0.6) is 0 Å². The number of carboxylic acids is 1. The summed E-state index contributed by atoms with van der Waals surface area (Å²) in [5.74, 6) is -0.797. The van der Waals surface area contributed by atoms with Crippen LogP contribution in [0.4, 0.5) is 0 Å². The van der Waals surface area contributed by atoms with Crippen molar-refractivity contribution in [3.63, 3.8) is 0 Å². The molecule has 2 heteroatoms. The summed E-state index contributed by atoms with van der Waals surface area (Å²) in [5.41, 5.74) is 2.25. The Morgan fingerprint density at radius 3 is 2.29 bits per heavy atom. The predicted octanol–water partition coefficient (Wildman–Crippen LogP) is 2.36. The van der Waals surface area contributed by atoms with Gasteiger partial charge in [0.15, 0.2) is 0 Å². The van der Waals surface area contributed by atoms with Gasteiger partial charge in [0.1, 0.15) is 0 Å². The highest BCUT2D eigenvalue weighted by Crippen LogP contribution is 2.53. The van der Waals surface area contributed by atoms with Crippen molar-refractivity contribution >= 4 is 5.97 Å². The minimum Gasteiger partial charge on any atom is -0.478 e. The predicted molar refractivity (Wildman–Crippen MR) is 54.1 cm³/mol. The van der Waals surface area contributed by atoms with Gasteiger partial charge in [-0.3, -0.25) is 0 Å². The van der Waals surface area contributed by atoms with E-state index in [2.05, 4.69) is 0 Å². The maximum Gasteiger partial charge on any atom is 0.332 e. The van der Waals surface area contributed by atoms with E-state index in [-0.39, 0.29) is 5.41 Å². The zero-order valence-corrected chi connectivity index (χ0v) is 8.24. The second-order valence-electron chi connectivity index (χ2n) is 3.80. The smallest absolute Gasteiger partial charge is 0.332 e. The normalized spacial score (nSPS) is 25.0. The monoisotopic (exact) mass is 188 g/mol. The van der Waals surface area contributed by atoms with E-state index in [0.29, 0.717) is 5.57 Å².